The molecule has 5 aliphatic rings. The normalized spacial score (nSPS) is 27.2. The summed E-state index contributed by atoms with van der Waals surface area (Å²) in [6.45, 7) is 18.2. The quantitative estimate of drug-likeness (QED) is 0.296. The monoisotopic (exact) mass is 536 g/mol. The van der Waals surface area contributed by atoms with Crippen molar-refractivity contribution in [2.45, 2.75) is 132 Å². The number of aliphatic imine (C=N–C) groups is 4. The van der Waals surface area contributed by atoms with E-state index in [2.05, 4.69) is 67.5 Å². The van der Waals surface area contributed by atoms with Crippen LogP contribution in [-0.2, 0) is 0 Å². The van der Waals surface area contributed by atoms with E-state index in [1.807, 2.05) is 0 Å². The highest BCUT2D eigenvalue weighted by atomic mass is 14.9. The number of allylic oxidation sites excluding steroid dienone is 8. The zero-order chi connectivity index (χ0) is 28.6. The largest absolute Gasteiger partial charge is 0.281 e. The molecule has 0 radical (unpaired) electrons. The Morgan fingerprint density at radius 2 is 0.975 bits per heavy atom. The van der Waals surface area contributed by atoms with E-state index in [1.165, 1.54) is 56.0 Å². The molecule has 0 amide bonds. The van der Waals surface area contributed by atoms with Crippen molar-refractivity contribution in [3.63, 3.8) is 0 Å². The highest BCUT2D eigenvalue weighted by molar-refractivity contribution is 6.17. The van der Waals surface area contributed by atoms with E-state index in [4.69, 9.17) is 20.0 Å². The van der Waals surface area contributed by atoms with Gasteiger partial charge in [-0.25, -0.2) is 4.99 Å². The summed E-state index contributed by atoms with van der Waals surface area (Å²) in [5.74, 6) is 0. The fourth-order valence-electron chi connectivity index (χ4n) is 7.73. The average Bonchev–Trinajstić information content (AvgIpc) is 3.67. The number of fused-ring (bicyclic) bond motifs is 4. The van der Waals surface area contributed by atoms with E-state index < -0.39 is 0 Å². The van der Waals surface area contributed by atoms with E-state index in [0.29, 0.717) is 0 Å². The van der Waals surface area contributed by atoms with Gasteiger partial charge in [-0.2, -0.15) is 0 Å². The Morgan fingerprint density at radius 3 is 1.57 bits per heavy atom. The Balaban J connectivity index is 1.75. The molecule has 4 heteroatoms. The second kappa shape index (κ2) is 11.9. The predicted octanol–water partition coefficient (Wildman–Crippen LogP) is 9.57. The smallest absolute Gasteiger partial charge is 0.0778 e. The van der Waals surface area contributed by atoms with Crippen molar-refractivity contribution < 1.29 is 0 Å². The molecule has 5 heterocycles. The van der Waals surface area contributed by atoms with Gasteiger partial charge < -0.3 is 0 Å². The van der Waals surface area contributed by atoms with Crippen LogP contribution >= 0.6 is 0 Å². The lowest BCUT2D eigenvalue weighted by atomic mass is 9.89. The SMILES string of the molecule is CCC1=C(CC)/C2=C/C3=NC(CC4=NC(CC5=N/C(=C\C1=N2)C(CC)=C5CC)C(CC)=C4CC)C(CC)=C3CC. The van der Waals surface area contributed by atoms with E-state index in [9.17, 15) is 0 Å². The Kier molecular flexibility index (Phi) is 8.54. The number of nitrogens with zero attached hydrogens (tertiary/aromatic N) is 4. The van der Waals surface area contributed by atoms with Crippen LogP contribution in [0.2, 0.25) is 0 Å². The zero-order valence-corrected chi connectivity index (χ0v) is 26.2. The number of hydrogen-bond donors (Lipinski definition) is 0. The number of hydrogen-bond acceptors (Lipinski definition) is 4. The molecule has 0 aromatic carbocycles. The van der Waals surface area contributed by atoms with Gasteiger partial charge >= 0.3 is 0 Å². The van der Waals surface area contributed by atoms with Gasteiger partial charge in [0, 0.05) is 24.3 Å². The van der Waals surface area contributed by atoms with Gasteiger partial charge in [0.2, 0.25) is 0 Å². The lowest BCUT2D eigenvalue weighted by Crippen LogP contribution is -2.14. The topological polar surface area (TPSA) is 49.4 Å². The maximum Gasteiger partial charge on any atom is 0.0778 e. The summed E-state index contributed by atoms with van der Waals surface area (Å²) >= 11 is 0. The molecule has 0 spiro atoms. The highest BCUT2D eigenvalue weighted by Crippen LogP contribution is 2.40. The predicted molar refractivity (Wildman–Crippen MR) is 173 cm³/mol. The average molecular weight is 537 g/mol. The molecule has 0 aromatic rings. The van der Waals surface area contributed by atoms with Gasteiger partial charge in [0.15, 0.2) is 0 Å². The maximum atomic E-state index is 5.47. The molecule has 2 atom stereocenters. The van der Waals surface area contributed by atoms with Crippen LogP contribution in [0.5, 0.6) is 0 Å². The molecular formula is C36H48N4. The molecule has 4 nitrogen and oxygen atoms in total. The van der Waals surface area contributed by atoms with Crippen molar-refractivity contribution in [3.8, 4) is 0 Å². The van der Waals surface area contributed by atoms with Gasteiger partial charge in [-0.15, -0.1) is 0 Å². The molecular weight excluding hydrogens is 488 g/mol. The molecule has 5 aliphatic heterocycles. The second-order valence-corrected chi connectivity index (χ2v) is 11.4. The van der Waals surface area contributed by atoms with Crippen molar-refractivity contribution in [1.82, 2.24) is 0 Å². The summed E-state index contributed by atoms with van der Waals surface area (Å²) in [4.78, 5) is 21.5. The summed E-state index contributed by atoms with van der Waals surface area (Å²) in [6.07, 6.45) is 14.4. The van der Waals surface area contributed by atoms with E-state index >= 15 is 0 Å². The summed E-state index contributed by atoms with van der Waals surface area (Å²) in [6, 6.07) is 0.368. The molecule has 40 heavy (non-hydrogen) atoms. The van der Waals surface area contributed by atoms with Crippen LogP contribution in [0.15, 0.2) is 88.1 Å². The molecule has 0 aromatic heterocycles. The first-order valence-electron chi connectivity index (χ1n) is 16.1. The zero-order valence-electron chi connectivity index (χ0n) is 26.2. The standard InChI is InChI=1S/C36H48N4/c1-9-21-22(10-2)30-18-32-25(13-5)26(14-6)34(39-32)20-36-28(16-8)27(15-7)35(40-36)19-33-24(12-4)23(11-3)31(38-33)17-29(21)37-30/h17-18,33,36H,9-16,19-20H2,1-8H3/b29-17-,32-18-. The summed E-state index contributed by atoms with van der Waals surface area (Å²) in [7, 11) is 0. The molecule has 212 valence electrons. The Morgan fingerprint density at radius 1 is 0.475 bits per heavy atom. The van der Waals surface area contributed by atoms with Crippen LogP contribution in [-0.4, -0.2) is 34.9 Å². The van der Waals surface area contributed by atoms with Gasteiger partial charge in [-0.1, -0.05) is 55.4 Å². The van der Waals surface area contributed by atoms with E-state index in [1.54, 1.807) is 0 Å². The van der Waals surface area contributed by atoms with Crippen molar-refractivity contribution >= 4 is 22.8 Å². The molecule has 2 unspecified atom stereocenters. The second-order valence-electron chi connectivity index (χ2n) is 11.4. The van der Waals surface area contributed by atoms with Crippen LogP contribution in [0.4, 0.5) is 0 Å². The number of rotatable bonds is 8. The van der Waals surface area contributed by atoms with Crippen molar-refractivity contribution in [3.05, 3.63) is 68.1 Å². The Labute approximate surface area is 242 Å². The minimum Gasteiger partial charge on any atom is -0.281 e. The third-order valence-electron chi connectivity index (χ3n) is 9.55. The Bertz CT molecular complexity index is 1410. The van der Waals surface area contributed by atoms with Gasteiger partial charge in [0.1, 0.15) is 0 Å². The van der Waals surface area contributed by atoms with Crippen molar-refractivity contribution in [1.29, 1.82) is 0 Å². The molecule has 0 aliphatic carbocycles. The first-order chi connectivity index (χ1) is 19.5. The minimum absolute atomic E-state index is 0.175. The van der Waals surface area contributed by atoms with Crippen molar-refractivity contribution in [2.24, 2.45) is 20.0 Å². The Hall–Kier alpha value is -2.88. The first kappa shape index (κ1) is 28.6. The third-order valence-corrected chi connectivity index (χ3v) is 9.55. The van der Waals surface area contributed by atoms with Gasteiger partial charge in [-0.3, -0.25) is 15.0 Å². The van der Waals surface area contributed by atoms with Crippen molar-refractivity contribution in [2.75, 3.05) is 0 Å². The molecule has 0 N–H and O–H groups in total. The summed E-state index contributed by atoms with van der Waals surface area (Å²) < 4.78 is 0. The minimum atomic E-state index is 0.175. The van der Waals surface area contributed by atoms with Crippen LogP contribution in [0.3, 0.4) is 0 Å². The summed E-state index contributed by atoms with van der Waals surface area (Å²) in [5.41, 5.74) is 18.4. The lowest BCUT2D eigenvalue weighted by Gasteiger charge is -2.15. The molecule has 0 saturated carbocycles. The van der Waals surface area contributed by atoms with Crippen LogP contribution < -0.4 is 0 Å². The molecule has 8 bridgehead atoms. The molecule has 0 saturated heterocycles. The van der Waals surface area contributed by atoms with Gasteiger partial charge in [-0.05, 0) is 108 Å². The molecule has 5 rings (SSSR count). The van der Waals surface area contributed by atoms with Gasteiger partial charge in [0.25, 0.3) is 0 Å². The third kappa shape index (κ3) is 4.72. The van der Waals surface area contributed by atoms with Gasteiger partial charge in [0.05, 0.1) is 34.9 Å². The maximum absolute atomic E-state index is 5.47. The molecule has 0 fully saturated rings. The lowest BCUT2D eigenvalue weighted by molar-refractivity contribution is 0.766. The highest BCUT2D eigenvalue weighted by Gasteiger charge is 2.34. The van der Waals surface area contributed by atoms with Crippen LogP contribution in [0.25, 0.3) is 0 Å². The van der Waals surface area contributed by atoms with Crippen LogP contribution in [0.1, 0.15) is 120 Å². The van der Waals surface area contributed by atoms with E-state index in [-0.39, 0.29) is 12.1 Å². The summed E-state index contributed by atoms with van der Waals surface area (Å²) in [5, 5.41) is 0. The first-order valence-corrected chi connectivity index (χ1v) is 16.1. The fraction of sp³-hybridized carbons (Fsp3) is 0.556. The van der Waals surface area contributed by atoms with E-state index in [0.717, 1.165) is 87.0 Å². The van der Waals surface area contributed by atoms with Crippen LogP contribution in [0, 0.1) is 0 Å². The fourth-order valence-corrected chi connectivity index (χ4v) is 7.73.